The standard InChI is InChI=1S/C22H31N3O6S/c1-15-11-13-25(14-12-15)32(29,30)19-9-7-17(8-10-19)21(27)31-16(2)20(26)24-22(28)23-18-5-3-4-6-18/h7-10,15-16,18H,3-6,11-14H2,1-2H3,(H2,23,24,26,28). The Morgan fingerprint density at radius 1 is 1.03 bits per heavy atom. The maximum Gasteiger partial charge on any atom is 0.338 e. The number of esters is 1. The van der Waals surface area contributed by atoms with Gasteiger partial charge in [0.25, 0.3) is 5.91 Å². The van der Waals surface area contributed by atoms with E-state index in [4.69, 9.17) is 4.74 Å². The van der Waals surface area contributed by atoms with E-state index in [0.29, 0.717) is 19.0 Å². The molecule has 2 N–H and O–H groups in total. The van der Waals surface area contributed by atoms with Crippen LogP contribution in [0.2, 0.25) is 0 Å². The average Bonchev–Trinajstić information content (AvgIpc) is 3.26. The fourth-order valence-electron chi connectivity index (χ4n) is 3.92. The van der Waals surface area contributed by atoms with Crippen molar-refractivity contribution < 1.29 is 27.5 Å². The number of hydrogen-bond acceptors (Lipinski definition) is 6. The summed E-state index contributed by atoms with van der Waals surface area (Å²) in [6.07, 6.45) is 4.32. The Morgan fingerprint density at radius 3 is 2.22 bits per heavy atom. The van der Waals surface area contributed by atoms with E-state index in [9.17, 15) is 22.8 Å². The van der Waals surface area contributed by atoms with Crippen molar-refractivity contribution in [3.63, 3.8) is 0 Å². The molecular weight excluding hydrogens is 434 g/mol. The summed E-state index contributed by atoms with van der Waals surface area (Å²) in [5, 5.41) is 4.91. The largest absolute Gasteiger partial charge is 0.449 e. The second-order valence-electron chi connectivity index (χ2n) is 8.60. The highest BCUT2D eigenvalue weighted by molar-refractivity contribution is 7.89. The van der Waals surface area contributed by atoms with Gasteiger partial charge < -0.3 is 10.1 Å². The van der Waals surface area contributed by atoms with E-state index >= 15 is 0 Å². The summed E-state index contributed by atoms with van der Waals surface area (Å²) >= 11 is 0. The van der Waals surface area contributed by atoms with Crippen LogP contribution in [-0.2, 0) is 19.6 Å². The molecule has 1 aliphatic carbocycles. The van der Waals surface area contributed by atoms with Crippen LogP contribution >= 0.6 is 0 Å². The summed E-state index contributed by atoms with van der Waals surface area (Å²) in [7, 11) is -3.62. The molecule has 176 valence electrons. The van der Waals surface area contributed by atoms with Gasteiger partial charge in [0.05, 0.1) is 10.5 Å². The Balaban J connectivity index is 1.53. The molecule has 10 heteroatoms. The zero-order valence-corrected chi connectivity index (χ0v) is 19.3. The zero-order valence-electron chi connectivity index (χ0n) is 18.5. The third-order valence-electron chi connectivity index (χ3n) is 6.05. The summed E-state index contributed by atoms with van der Waals surface area (Å²) < 4.78 is 32.2. The first-order chi connectivity index (χ1) is 15.2. The van der Waals surface area contributed by atoms with E-state index in [-0.39, 0.29) is 16.5 Å². The van der Waals surface area contributed by atoms with E-state index in [1.54, 1.807) is 0 Å². The fourth-order valence-corrected chi connectivity index (χ4v) is 5.39. The van der Waals surface area contributed by atoms with Crippen LogP contribution in [-0.4, -0.2) is 55.9 Å². The molecule has 0 radical (unpaired) electrons. The number of carbonyl (C=O) groups excluding carboxylic acids is 3. The molecule has 9 nitrogen and oxygen atoms in total. The van der Waals surface area contributed by atoms with Crippen molar-refractivity contribution >= 4 is 27.9 Å². The highest BCUT2D eigenvalue weighted by atomic mass is 32.2. The third-order valence-corrected chi connectivity index (χ3v) is 7.96. The molecular formula is C22H31N3O6S. The van der Waals surface area contributed by atoms with Gasteiger partial charge in [-0.3, -0.25) is 10.1 Å². The summed E-state index contributed by atoms with van der Waals surface area (Å²) in [4.78, 5) is 36.5. The molecule has 1 atom stereocenters. The number of nitrogens with zero attached hydrogens (tertiary/aromatic N) is 1. The Labute approximate surface area is 188 Å². The second kappa shape index (κ2) is 10.4. The van der Waals surface area contributed by atoms with Crippen molar-refractivity contribution in [2.24, 2.45) is 5.92 Å². The Morgan fingerprint density at radius 2 is 1.62 bits per heavy atom. The van der Waals surface area contributed by atoms with Crippen molar-refractivity contribution in [2.45, 2.75) is 69.4 Å². The maximum absolute atomic E-state index is 12.8. The highest BCUT2D eigenvalue weighted by Crippen LogP contribution is 2.24. The number of ether oxygens (including phenoxy) is 1. The van der Waals surface area contributed by atoms with E-state index < -0.39 is 34.0 Å². The van der Waals surface area contributed by atoms with Crippen LogP contribution in [0, 0.1) is 5.92 Å². The smallest absolute Gasteiger partial charge is 0.338 e. The summed E-state index contributed by atoms with van der Waals surface area (Å²) in [5.41, 5.74) is 0.117. The first-order valence-electron chi connectivity index (χ1n) is 11.1. The number of nitrogens with one attached hydrogen (secondary N) is 2. The van der Waals surface area contributed by atoms with Gasteiger partial charge >= 0.3 is 12.0 Å². The first-order valence-corrected chi connectivity index (χ1v) is 12.5. The first kappa shape index (κ1) is 24.2. The van der Waals surface area contributed by atoms with Gasteiger partial charge in [-0.2, -0.15) is 4.31 Å². The van der Waals surface area contributed by atoms with Crippen LogP contribution in [0.4, 0.5) is 4.79 Å². The lowest BCUT2D eigenvalue weighted by atomic mass is 10.0. The zero-order chi connectivity index (χ0) is 23.3. The molecule has 3 amide bonds. The van der Waals surface area contributed by atoms with Gasteiger partial charge in [0.2, 0.25) is 10.0 Å². The lowest BCUT2D eigenvalue weighted by Gasteiger charge is -2.29. The minimum atomic E-state index is -3.62. The molecule has 1 aromatic carbocycles. The minimum absolute atomic E-state index is 0.0591. The number of amides is 3. The quantitative estimate of drug-likeness (QED) is 0.622. The van der Waals surface area contributed by atoms with Gasteiger partial charge in [-0.25, -0.2) is 18.0 Å². The van der Waals surface area contributed by atoms with Crippen LogP contribution in [0.5, 0.6) is 0 Å². The number of rotatable bonds is 6. The fraction of sp³-hybridized carbons (Fsp3) is 0.591. The van der Waals surface area contributed by atoms with Crippen molar-refractivity contribution in [3.05, 3.63) is 29.8 Å². The number of sulfonamides is 1. The minimum Gasteiger partial charge on any atom is -0.449 e. The summed E-state index contributed by atoms with van der Waals surface area (Å²) in [6.45, 7) is 4.43. The number of piperidine rings is 1. The van der Waals surface area contributed by atoms with Crippen molar-refractivity contribution in [2.75, 3.05) is 13.1 Å². The predicted molar refractivity (Wildman–Crippen MR) is 117 cm³/mol. The van der Waals surface area contributed by atoms with Gasteiger partial charge in [0.15, 0.2) is 6.10 Å². The molecule has 1 aliphatic heterocycles. The van der Waals surface area contributed by atoms with Gasteiger partial charge in [0.1, 0.15) is 0 Å². The topological polar surface area (TPSA) is 122 Å². The Bertz CT molecular complexity index is 933. The molecule has 2 aliphatic rings. The molecule has 1 heterocycles. The van der Waals surface area contributed by atoms with Gasteiger partial charge in [-0.1, -0.05) is 19.8 Å². The molecule has 3 rings (SSSR count). The average molecular weight is 466 g/mol. The Kier molecular flexibility index (Phi) is 7.89. The molecule has 1 aromatic rings. The van der Waals surface area contributed by atoms with Crippen LogP contribution in [0.3, 0.4) is 0 Å². The maximum atomic E-state index is 12.8. The summed E-state index contributed by atoms with van der Waals surface area (Å²) in [5.74, 6) is -1.00. The van der Waals surface area contributed by atoms with Crippen LogP contribution < -0.4 is 10.6 Å². The molecule has 0 bridgehead atoms. The van der Waals surface area contributed by atoms with E-state index in [1.807, 2.05) is 0 Å². The van der Waals surface area contributed by atoms with Gasteiger partial charge in [-0.15, -0.1) is 0 Å². The molecule has 2 fully saturated rings. The molecule has 1 saturated carbocycles. The van der Waals surface area contributed by atoms with Crippen LogP contribution in [0.15, 0.2) is 29.2 Å². The molecule has 0 spiro atoms. The lowest BCUT2D eigenvalue weighted by molar-refractivity contribution is -0.127. The third kappa shape index (κ3) is 6.07. The lowest BCUT2D eigenvalue weighted by Crippen LogP contribution is -2.47. The second-order valence-corrected chi connectivity index (χ2v) is 10.5. The van der Waals surface area contributed by atoms with E-state index in [1.165, 1.54) is 35.5 Å². The van der Waals surface area contributed by atoms with E-state index in [0.717, 1.165) is 38.5 Å². The molecule has 1 unspecified atom stereocenters. The highest BCUT2D eigenvalue weighted by Gasteiger charge is 2.28. The van der Waals surface area contributed by atoms with Gasteiger partial charge in [-0.05, 0) is 62.8 Å². The summed E-state index contributed by atoms with van der Waals surface area (Å²) in [6, 6.07) is 4.90. The molecule has 1 saturated heterocycles. The number of benzene rings is 1. The van der Waals surface area contributed by atoms with Gasteiger partial charge in [0, 0.05) is 19.1 Å². The monoisotopic (exact) mass is 465 g/mol. The number of imide groups is 1. The van der Waals surface area contributed by atoms with Crippen molar-refractivity contribution in [3.8, 4) is 0 Å². The van der Waals surface area contributed by atoms with Crippen LogP contribution in [0.25, 0.3) is 0 Å². The van der Waals surface area contributed by atoms with Crippen molar-refractivity contribution in [1.82, 2.24) is 14.9 Å². The predicted octanol–water partition coefficient (Wildman–Crippen LogP) is 2.42. The van der Waals surface area contributed by atoms with Crippen LogP contribution in [0.1, 0.15) is 62.7 Å². The Hall–Kier alpha value is -2.46. The van der Waals surface area contributed by atoms with Crippen molar-refractivity contribution in [1.29, 1.82) is 0 Å². The SMILES string of the molecule is CC1CCN(S(=O)(=O)c2ccc(C(=O)OC(C)C(=O)NC(=O)NC3CCCC3)cc2)CC1. The van der Waals surface area contributed by atoms with E-state index in [2.05, 4.69) is 17.6 Å². The molecule has 32 heavy (non-hydrogen) atoms. The number of carbonyl (C=O) groups is 3. The molecule has 0 aromatic heterocycles. The normalized spacial score (nSPS) is 19.3. The number of urea groups is 1. The number of hydrogen-bond donors (Lipinski definition) is 2.